The minimum atomic E-state index is -4.40. The molecule has 6 rings (SSSR count). The number of ether oxygens (including phenoxy) is 2. The maximum absolute atomic E-state index is 13.3. The first-order valence-corrected chi connectivity index (χ1v) is 18.0. The molecule has 1 atom stereocenters. The van der Waals surface area contributed by atoms with Gasteiger partial charge in [-0.2, -0.15) is 18.3 Å². The number of rotatable bonds is 12. The van der Waals surface area contributed by atoms with Gasteiger partial charge in [0, 0.05) is 66.6 Å². The fraction of sp³-hybridized carbons (Fsp3) is 0.342. The van der Waals surface area contributed by atoms with Crippen LogP contribution >= 0.6 is 23.2 Å². The van der Waals surface area contributed by atoms with Crippen LogP contribution in [0.4, 0.5) is 18.0 Å². The summed E-state index contributed by atoms with van der Waals surface area (Å²) in [5, 5.41) is 13.4. The summed E-state index contributed by atoms with van der Waals surface area (Å²) in [5.41, 5.74) is 1.93. The summed E-state index contributed by atoms with van der Waals surface area (Å²) in [6.45, 7) is 1.94. The predicted octanol–water partition coefficient (Wildman–Crippen LogP) is 6.93. The normalized spacial score (nSPS) is 14.6. The lowest BCUT2D eigenvalue weighted by Gasteiger charge is -2.27. The van der Waals surface area contributed by atoms with Crippen LogP contribution in [0.2, 0.25) is 10.0 Å². The number of benzene rings is 2. The third-order valence-corrected chi connectivity index (χ3v) is 10.3. The van der Waals surface area contributed by atoms with Gasteiger partial charge in [0.2, 0.25) is 11.8 Å². The van der Waals surface area contributed by atoms with E-state index in [9.17, 15) is 27.6 Å². The van der Waals surface area contributed by atoms with Gasteiger partial charge in [0.25, 0.3) is 5.56 Å². The van der Waals surface area contributed by atoms with Crippen molar-refractivity contribution in [3.05, 3.63) is 92.6 Å². The first-order valence-electron chi connectivity index (χ1n) is 17.3. The number of methoxy groups -OCH3 is 1. The highest BCUT2D eigenvalue weighted by Gasteiger charge is 2.46. The quantitative estimate of drug-likeness (QED) is 0.124. The molecule has 1 unspecified atom stereocenters. The van der Waals surface area contributed by atoms with Gasteiger partial charge >= 0.3 is 12.3 Å². The van der Waals surface area contributed by atoms with Gasteiger partial charge in [0.1, 0.15) is 17.9 Å². The van der Waals surface area contributed by atoms with Crippen LogP contribution in [-0.4, -0.2) is 63.6 Å². The zero-order valence-electron chi connectivity index (χ0n) is 30.3. The van der Waals surface area contributed by atoms with Crippen molar-refractivity contribution in [2.45, 2.75) is 52.1 Å². The molecule has 0 bridgehead atoms. The van der Waals surface area contributed by atoms with E-state index in [1.807, 2.05) is 18.2 Å². The van der Waals surface area contributed by atoms with E-state index < -0.39 is 17.7 Å². The van der Waals surface area contributed by atoms with Crippen LogP contribution in [0.1, 0.15) is 38.1 Å². The summed E-state index contributed by atoms with van der Waals surface area (Å²) >= 11 is 14.1. The minimum absolute atomic E-state index is 0.0445. The lowest BCUT2D eigenvalue weighted by molar-refractivity contribution is -0.209. The third-order valence-electron chi connectivity index (χ3n) is 9.50. The number of fused-ring (bicyclic) bond motifs is 1. The van der Waals surface area contributed by atoms with Crippen molar-refractivity contribution in [2.24, 2.45) is 12.5 Å². The molecular weight excluding hydrogens is 762 g/mol. The molecule has 4 heterocycles. The average molecular weight is 801 g/mol. The van der Waals surface area contributed by atoms with Gasteiger partial charge in [-0.05, 0) is 38.5 Å². The number of pyridine rings is 1. The van der Waals surface area contributed by atoms with Crippen LogP contribution in [0.25, 0.3) is 39.0 Å². The molecule has 1 saturated heterocycles. The molecule has 55 heavy (non-hydrogen) atoms. The fourth-order valence-electron chi connectivity index (χ4n) is 6.10. The van der Waals surface area contributed by atoms with Crippen molar-refractivity contribution in [3.8, 4) is 39.4 Å². The Kier molecular flexibility index (Phi) is 11.5. The highest BCUT2D eigenvalue weighted by atomic mass is 35.5. The maximum Gasteiger partial charge on any atom is 0.407 e. The number of nitrogens with one attached hydrogen (secondary N) is 3. The van der Waals surface area contributed by atoms with Gasteiger partial charge in [-0.15, -0.1) is 0 Å². The first-order chi connectivity index (χ1) is 26.1. The van der Waals surface area contributed by atoms with Crippen molar-refractivity contribution >= 4 is 40.7 Å². The Hall–Kier alpha value is -5.12. The molecule has 0 spiro atoms. The SMILES string of the molecule is COc1nc(-c2cccc(-c3cccc(-c4cc5c(=O)n(C)c(CNCC(C)(C)C(F)(F)F)nn5c4)c3Cl)c2Cl)ccc1COC(=O)NCC1CCC(=O)N1. The summed E-state index contributed by atoms with van der Waals surface area (Å²) in [5.74, 6) is 0.445. The number of aromatic nitrogens is 4. The molecular formula is C38H38Cl2F3N7O5. The average Bonchev–Trinajstić information content (AvgIpc) is 3.77. The van der Waals surface area contributed by atoms with Crippen molar-refractivity contribution in [2.75, 3.05) is 20.2 Å². The van der Waals surface area contributed by atoms with Gasteiger partial charge in [0.05, 0.1) is 40.4 Å². The van der Waals surface area contributed by atoms with Crippen molar-refractivity contribution in [3.63, 3.8) is 0 Å². The number of halogens is 5. The maximum atomic E-state index is 13.3. The number of amides is 2. The number of alkyl carbamates (subject to hydrolysis) is 1. The Bertz CT molecular complexity index is 2330. The molecule has 1 aliphatic heterocycles. The predicted molar refractivity (Wildman–Crippen MR) is 202 cm³/mol. The Balaban J connectivity index is 1.22. The van der Waals surface area contributed by atoms with E-state index in [0.717, 1.165) is 13.8 Å². The highest BCUT2D eigenvalue weighted by molar-refractivity contribution is 6.39. The van der Waals surface area contributed by atoms with E-state index in [0.29, 0.717) is 62.0 Å². The monoisotopic (exact) mass is 799 g/mol. The molecule has 3 N–H and O–H groups in total. The lowest BCUT2D eigenvalue weighted by Crippen LogP contribution is -2.41. The topological polar surface area (TPSA) is 141 Å². The highest BCUT2D eigenvalue weighted by Crippen LogP contribution is 2.43. The number of nitrogens with zero attached hydrogens (tertiary/aromatic N) is 4. The fourth-order valence-corrected chi connectivity index (χ4v) is 6.76. The van der Waals surface area contributed by atoms with Crippen molar-refractivity contribution in [1.82, 2.24) is 35.1 Å². The molecule has 1 fully saturated rings. The van der Waals surface area contributed by atoms with Crippen LogP contribution < -0.4 is 26.2 Å². The molecule has 0 saturated carbocycles. The molecule has 290 valence electrons. The number of hydrogen-bond acceptors (Lipinski definition) is 8. The summed E-state index contributed by atoms with van der Waals surface area (Å²) in [7, 11) is 2.97. The Morgan fingerprint density at radius 1 is 1.02 bits per heavy atom. The second-order valence-electron chi connectivity index (χ2n) is 13.8. The smallest absolute Gasteiger partial charge is 0.407 e. The molecule has 0 radical (unpaired) electrons. The van der Waals surface area contributed by atoms with E-state index in [1.54, 1.807) is 42.6 Å². The lowest BCUT2D eigenvalue weighted by atomic mass is 9.93. The van der Waals surface area contributed by atoms with Gasteiger partial charge in [-0.1, -0.05) is 59.6 Å². The number of alkyl halides is 3. The van der Waals surface area contributed by atoms with Crippen LogP contribution in [0.3, 0.4) is 0 Å². The molecule has 3 aromatic heterocycles. The van der Waals surface area contributed by atoms with E-state index >= 15 is 0 Å². The Morgan fingerprint density at radius 2 is 1.69 bits per heavy atom. The van der Waals surface area contributed by atoms with Crippen molar-refractivity contribution < 1.29 is 32.2 Å². The summed E-state index contributed by atoms with van der Waals surface area (Å²) in [4.78, 5) is 41.6. The summed E-state index contributed by atoms with van der Waals surface area (Å²) in [6, 6.07) is 15.8. The van der Waals surface area contributed by atoms with Gasteiger partial charge < -0.3 is 25.4 Å². The van der Waals surface area contributed by atoms with Crippen LogP contribution in [0.15, 0.2) is 65.6 Å². The van der Waals surface area contributed by atoms with Gasteiger partial charge in [-0.25, -0.2) is 14.3 Å². The molecule has 5 aromatic rings. The Labute approximate surface area is 323 Å². The number of carbonyl (C=O) groups excluding carboxylic acids is 2. The van der Waals surface area contributed by atoms with Crippen molar-refractivity contribution in [1.29, 1.82) is 0 Å². The number of hydrogen-bond donors (Lipinski definition) is 3. The second kappa shape index (κ2) is 15.9. The minimum Gasteiger partial charge on any atom is -0.481 e. The van der Waals surface area contributed by atoms with Crippen LogP contribution in [-0.2, 0) is 29.7 Å². The molecule has 17 heteroatoms. The van der Waals surface area contributed by atoms with Crippen LogP contribution in [0, 0.1) is 5.41 Å². The van der Waals surface area contributed by atoms with E-state index in [-0.39, 0.29) is 61.0 Å². The van der Waals surface area contributed by atoms with Gasteiger partial charge in [0.15, 0.2) is 0 Å². The first kappa shape index (κ1) is 39.6. The number of carbonyl (C=O) groups is 2. The molecule has 0 aliphatic carbocycles. The molecule has 12 nitrogen and oxygen atoms in total. The summed E-state index contributed by atoms with van der Waals surface area (Å²) in [6.07, 6.45) is -2.32. The molecule has 2 amide bonds. The Morgan fingerprint density at radius 3 is 2.35 bits per heavy atom. The zero-order chi connectivity index (χ0) is 39.7. The second-order valence-corrected chi connectivity index (χ2v) is 14.5. The zero-order valence-corrected chi connectivity index (χ0v) is 31.8. The summed E-state index contributed by atoms with van der Waals surface area (Å²) < 4.78 is 53.6. The molecule has 2 aromatic carbocycles. The van der Waals surface area contributed by atoms with Crippen LogP contribution in [0.5, 0.6) is 5.88 Å². The van der Waals surface area contributed by atoms with Gasteiger partial charge in [-0.3, -0.25) is 14.2 Å². The van der Waals surface area contributed by atoms with E-state index in [1.165, 1.54) is 23.2 Å². The van der Waals surface area contributed by atoms with E-state index in [2.05, 4.69) is 26.0 Å². The third kappa shape index (κ3) is 8.43. The standard InChI is InChI=1S/C38H38Cl2F3N7O5/c1-37(2,38(41,42)43)20-44-17-30-48-50-18-22(15-29(50)35(52)49(30)3)24-7-5-8-25(32(24)39)26-9-6-10-27(33(26)40)28-13-11-21(34(47-28)54-4)19-55-36(53)45-16-23-12-14-31(51)46-23/h5-11,13,15,18,23,44H,12,14,16-17,19-20H2,1-4H3,(H,45,53)(H,46,51). The molecule has 1 aliphatic rings. The van der Waals surface area contributed by atoms with E-state index in [4.69, 9.17) is 32.7 Å². The largest absolute Gasteiger partial charge is 0.481 e.